The smallest absolute Gasteiger partial charge is 0.313 e. The summed E-state index contributed by atoms with van der Waals surface area (Å²) < 4.78 is 29.9. The van der Waals surface area contributed by atoms with Crippen LogP contribution in [-0.2, 0) is 23.4 Å². The molecular weight excluding hydrogens is 429 g/mol. The monoisotopic (exact) mass is 469 g/mol. The summed E-state index contributed by atoms with van der Waals surface area (Å²) >= 11 is 2.69. The second-order valence-corrected chi connectivity index (χ2v) is 16.4. The van der Waals surface area contributed by atoms with Crippen LogP contribution in [0, 0.1) is 5.41 Å². The minimum atomic E-state index is -2.88. The zero-order valence-corrected chi connectivity index (χ0v) is 21.6. The Kier molecular flexibility index (Phi) is 12.2. The Hall–Kier alpha value is 0.280. The molecule has 6 nitrogen and oxygen atoms in total. The molecular formula is C20H40NO5PS2. The number of morpholine rings is 1. The van der Waals surface area contributed by atoms with E-state index < -0.39 is 16.8 Å². The van der Waals surface area contributed by atoms with Crippen LogP contribution < -0.4 is 0 Å². The van der Waals surface area contributed by atoms with Crippen LogP contribution in [0.15, 0.2) is 0 Å². The SMILES string of the molecule is CCCCSP(=O)(OC(C)(C)C)SCCOC(=O)C(C)(C)CCN1CCOCC1. The summed E-state index contributed by atoms with van der Waals surface area (Å²) in [5.74, 6) is -1.80. The van der Waals surface area contributed by atoms with Gasteiger partial charge < -0.3 is 14.0 Å². The second kappa shape index (κ2) is 13.0. The zero-order chi connectivity index (χ0) is 22.0. The first kappa shape index (κ1) is 27.3. The molecule has 1 aliphatic heterocycles. The van der Waals surface area contributed by atoms with Gasteiger partial charge in [0, 0.05) is 24.6 Å². The number of rotatable bonds is 13. The fourth-order valence-electron chi connectivity index (χ4n) is 2.59. The molecule has 0 radical (unpaired) electrons. The third-order valence-electron chi connectivity index (χ3n) is 4.41. The van der Waals surface area contributed by atoms with Crippen molar-refractivity contribution in [2.45, 2.75) is 66.4 Å². The number of carbonyl (C=O) groups is 1. The van der Waals surface area contributed by atoms with E-state index in [1.54, 1.807) is 0 Å². The highest BCUT2D eigenvalue weighted by Crippen LogP contribution is 2.71. The number of ether oxygens (including phenoxy) is 2. The zero-order valence-electron chi connectivity index (χ0n) is 19.0. The molecule has 1 rings (SSSR count). The van der Waals surface area contributed by atoms with Crippen LogP contribution >= 0.6 is 28.5 Å². The maximum absolute atomic E-state index is 13.2. The Morgan fingerprint density at radius 1 is 1.10 bits per heavy atom. The van der Waals surface area contributed by atoms with Crippen LogP contribution in [0.2, 0.25) is 0 Å². The molecule has 1 heterocycles. The number of carbonyl (C=O) groups excluding carboxylic acids is 1. The summed E-state index contributed by atoms with van der Waals surface area (Å²) in [4.78, 5) is 14.8. The molecule has 29 heavy (non-hydrogen) atoms. The van der Waals surface area contributed by atoms with Crippen molar-refractivity contribution in [1.82, 2.24) is 4.90 Å². The van der Waals surface area contributed by atoms with Gasteiger partial charge in [-0.15, -0.1) is 0 Å². The quantitative estimate of drug-likeness (QED) is 0.200. The Bertz CT molecular complexity index is 533. The minimum absolute atomic E-state index is 0.198. The predicted molar refractivity (Wildman–Crippen MR) is 125 cm³/mol. The van der Waals surface area contributed by atoms with Crippen LogP contribution in [0.5, 0.6) is 0 Å². The fraction of sp³-hybridized carbons (Fsp3) is 0.950. The van der Waals surface area contributed by atoms with Crippen molar-refractivity contribution in [3.63, 3.8) is 0 Å². The van der Waals surface area contributed by atoms with Crippen molar-refractivity contribution in [2.75, 3.05) is 51.0 Å². The van der Waals surface area contributed by atoms with E-state index in [9.17, 15) is 9.36 Å². The lowest BCUT2D eigenvalue weighted by Crippen LogP contribution is -2.39. The van der Waals surface area contributed by atoms with Gasteiger partial charge in [-0.1, -0.05) is 36.1 Å². The molecule has 1 aliphatic rings. The molecule has 0 amide bonds. The average molecular weight is 470 g/mol. The summed E-state index contributed by atoms with van der Waals surface area (Å²) in [5.41, 5.74) is -1.01. The first-order chi connectivity index (χ1) is 13.5. The van der Waals surface area contributed by atoms with Crippen molar-refractivity contribution < 1.29 is 23.4 Å². The van der Waals surface area contributed by atoms with E-state index in [1.165, 1.54) is 22.8 Å². The Morgan fingerprint density at radius 3 is 2.31 bits per heavy atom. The third kappa shape index (κ3) is 12.0. The Labute approximate surface area is 185 Å². The molecule has 0 aromatic heterocycles. The number of unbranched alkanes of at least 4 members (excludes halogenated alkanes) is 1. The number of hydrogen-bond donors (Lipinski definition) is 0. The summed E-state index contributed by atoms with van der Waals surface area (Å²) in [5, 5.41) is 0. The Morgan fingerprint density at radius 2 is 1.72 bits per heavy atom. The van der Waals surface area contributed by atoms with Gasteiger partial charge in [-0.25, -0.2) is 0 Å². The first-order valence-corrected chi connectivity index (χ1v) is 15.4. The van der Waals surface area contributed by atoms with Gasteiger partial charge in [-0.3, -0.25) is 14.3 Å². The van der Waals surface area contributed by atoms with E-state index in [0.717, 1.165) is 57.9 Å². The highest BCUT2D eigenvalue weighted by Gasteiger charge is 2.32. The van der Waals surface area contributed by atoms with E-state index in [0.29, 0.717) is 5.75 Å². The molecule has 1 saturated heterocycles. The van der Waals surface area contributed by atoms with Gasteiger partial charge in [0.05, 0.1) is 24.2 Å². The minimum Gasteiger partial charge on any atom is -0.464 e. The van der Waals surface area contributed by atoms with E-state index in [4.69, 9.17) is 14.0 Å². The fourth-order valence-corrected chi connectivity index (χ4v) is 10.3. The Balaban J connectivity index is 2.41. The van der Waals surface area contributed by atoms with Gasteiger partial charge in [0.2, 0.25) is 0 Å². The van der Waals surface area contributed by atoms with Crippen LogP contribution in [-0.4, -0.2) is 67.4 Å². The standard InChI is InChI=1S/C20H40NO5PS2/c1-7-8-16-28-27(23,26-19(2,3)4)29-17-15-25-18(22)20(5,6)9-10-21-11-13-24-14-12-21/h7-17H2,1-6H3. The van der Waals surface area contributed by atoms with Gasteiger partial charge in [0.15, 0.2) is 0 Å². The second-order valence-electron chi connectivity index (χ2n) is 8.89. The molecule has 0 aromatic carbocycles. The molecule has 0 N–H and O–H groups in total. The lowest BCUT2D eigenvalue weighted by atomic mass is 9.89. The molecule has 0 saturated carbocycles. The average Bonchev–Trinajstić information content (AvgIpc) is 2.63. The largest absolute Gasteiger partial charge is 0.464 e. The van der Waals surface area contributed by atoms with Gasteiger partial charge in [-0.2, -0.15) is 0 Å². The molecule has 0 bridgehead atoms. The van der Waals surface area contributed by atoms with E-state index in [-0.39, 0.29) is 12.6 Å². The van der Waals surface area contributed by atoms with E-state index in [1.807, 2.05) is 34.6 Å². The third-order valence-corrected chi connectivity index (χ3v) is 12.0. The van der Waals surface area contributed by atoms with Crippen LogP contribution in [0.4, 0.5) is 0 Å². The summed E-state index contributed by atoms with van der Waals surface area (Å²) in [6.07, 6.45) is 2.82. The van der Waals surface area contributed by atoms with Crippen molar-refractivity contribution in [2.24, 2.45) is 5.41 Å². The van der Waals surface area contributed by atoms with Crippen molar-refractivity contribution in [1.29, 1.82) is 0 Å². The van der Waals surface area contributed by atoms with Gasteiger partial charge in [0.25, 0.3) is 0 Å². The normalized spacial score (nSPS) is 18.4. The van der Waals surface area contributed by atoms with Gasteiger partial charge in [0.1, 0.15) is 6.61 Å². The van der Waals surface area contributed by atoms with Gasteiger partial charge in [-0.05, 0) is 54.0 Å². The van der Waals surface area contributed by atoms with Crippen LogP contribution in [0.25, 0.3) is 0 Å². The maximum Gasteiger partial charge on any atom is 0.313 e. The number of hydrogen-bond acceptors (Lipinski definition) is 8. The van der Waals surface area contributed by atoms with Crippen molar-refractivity contribution >= 4 is 34.5 Å². The highest BCUT2D eigenvalue weighted by molar-refractivity contribution is 8.89. The van der Waals surface area contributed by atoms with Crippen molar-refractivity contribution in [3.8, 4) is 0 Å². The maximum atomic E-state index is 13.2. The van der Waals surface area contributed by atoms with E-state index >= 15 is 0 Å². The lowest BCUT2D eigenvalue weighted by molar-refractivity contribution is -0.153. The molecule has 172 valence electrons. The molecule has 0 aliphatic carbocycles. The number of nitrogens with zero attached hydrogens (tertiary/aromatic N) is 1. The number of esters is 1. The molecule has 0 spiro atoms. The topological polar surface area (TPSA) is 65.1 Å². The molecule has 1 atom stereocenters. The van der Waals surface area contributed by atoms with Crippen molar-refractivity contribution in [3.05, 3.63) is 0 Å². The first-order valence-electron chi connectivity index (χ1n) is 10.5. The summed E-state index contributed by atoms with van der Waals surface area (Å²) in [7, 11) is 0. The van der Waals surface area contributed by atoms with Crippen LogP contribution in [0.3, 0.4) is 0 Å². The van der Waals surface area contributed by atoms with Gasteiger partial charge >= 0.3 is 11.7 Å². The highest BCUT2D eigenvalue weighted by atomic mass is 33.1. The molecule has 0 aromatic rings. The molecule has 1 unspecified atom stereocenters. The summed E-state index contributed by atoms with van der Waals surface area (Å²) in [6, 6.07) is 0. The molecule has 9 heteroatoms. The van der Waals surface area contributed by atoms with Crippen LogP contribution in [0.1, 0.15) is 60.8 Å². The lowest BCUT2D eigenvalue weighted by Gasteiger charge is -2.30. The molecule has 1 fully saturated rings. The predicted octanol–water partition coefficient (Wildman–Crippen LogP) is 5.47. The summed E-state index contributed by atoms with van der Waals surface area (Å²) in [6.45, 7) is 16.2. The van der Waals surface area contributed by atoms with E-state index in [2.05, 4.69) is 11.8 Å².